The average Bonchev–Trinajstić information content (AvgIpc) is 2.61. The SMILES string of the molecule is Cc1cccc(NS(=O)(=O)c2ccc(-c3ccc(C(C)C)cc3)c(C)c2)n1. The zero-order chi connectivity index (χ0) is 19.6. The molecule has 0 saturated carbocycles. The topological polar surface area (TPSA) is 59.1 Å². The van der Waals surface area contributed by atoms with Gasteiger partial charge < -0.3 is 0 Å². The molecule has 3 aromatic rings. The molecule has 0 spiro atoms. The third kappa shape index (κ3) is 4.37. The van der Waals surface area contributed by atoms with E-state index in [1.54, 1.807) is 24.3 Å². The molecule has 1 heterocycles. The van der Waals surface area contributed by atoms with Crippen molar-refractivity contribution in [1.29, 1.82) is 0 Å². The summed E-state index contributed by atoms with van der Waals surface area (Å²) in [5.41, 5.74) is 5.05. The van der Waals surface area contributed by atoms with Crippen LogP contribution in [-0.4, -0.2) is 13.4 Å². The highest BCUT2D eigenvalue weighted by atomic mass is 32.2. The lowest BCUT2D eigenvalue weighted by molar-refractivity contribution is 0.601. The van der Waals surface area contributed by atoms with Gasteiger partial charge in [0, 0.05) is 5.69 Å². The summed E-state index contributed by atoms with van der Waals surface area (Å²) < 4.78 is 27.9. The van der Waals surface area contributed by atoms with Crippen LogP contribution in [0.1, 0.15) is 36.6 Å². The van der Waals surface area contributed by atoms with Crippen LogP contribution in [0.25, 0.3) is 11.1 Å². The number of aryl methyl sites for hydroxylation is 2. The van der Waals surface area contributed by atoms with Crippen LogP contribution in [0.5, 0.6) is 0 Å². The summed E-state index contributed by atoms with van der Waals surface area (Å²) in [7, 11) is -3.68. The van der Waals surface area contributed by atoms with Crippen molar-refractivity contribution in [3.8, 4) is 11.1 Å². The van der Waals surface area contributed by atoms with Crippen LogP contribution in [0, 0.1) is 13.8 Å². The number of benzene rings is 2. The van der Waals surface area contributed by atoms with Crippen molar-refractivity contribution < 1.29 is 8.42 Å². The predicted octanol–water partition coefficient (Wildman–Crippen LogP) is 5.29. The zero-order valence-corrected chi connectivity index (χ0v) is 16.8. The first-order valence-corrected chi connectivity index (χ1v) is 10.4. The molecule has 1 aromatic heterocycles. The average molecular weight is 381 g/mol. The van der Waals surface area contributed by atoms with Crippen molar-refractivity contribution >= 4 is 15.8 Å². The minimum Gasteiger partial charge on any atom is -0.263 e. The predicted molar refractivity (Wildman–Crippen MR) is 110 cm³/mol. The number of sulfonamides is 1. The van der Waals surface area contributed by atoms with Crippen molar-refractivity contribution in [2.24, 2.45) is 0 Å². The van der Waals surface area contributed by atoms with E-state index in [1.807, 2.05) is 26.0 Å². The zero-order valence-electron chi connectivity index (χ0n) is 16.0. The number of nitrogens with zero attached hydrogens (tertiary/aromatic N) is 1. The molecule has 140 valence electrons. The lowest BCUT2D eigenvalue weighted by atomic mass is 9.96. The number of pyridine rings is 1. The Labute approximate surface area is 161 Å². The molecule has 27 heavy (non-hydrogen) atoms. The number of anilines is 1. The minimum atomic E-state index is -3.68. The van der Waals surface area contributed by atoms with Gasteiger partial charge in [0.05, 0.1) is 4.90 Å². The van der Waals surface area contributed by atoms with Gasteiger partial charge in [-0.15, -0.1) is 0 Å². The van der Waals surface area contributed by atoms with Gasteiger partial charge in [0.25, 0.3) is 10.0 Å². The molecular weight excluding hydrogens is 356 g/mol. The number of hydrogen-bond donors (Lipinski definition) is 1. The summed E-state index contributed by atoms with van der Waals surface area (Å²) >= 11 is 0. The van der Waals surface area contributed by atoms with Crippen molar-refractivity contribution in [1.82, 2.24) is 4.98 Å². The molecule has 3 rings (SSSR count). The second kappa shape index (κ2) is 7.53. The minimum absolute atomic E-state index is 0.228. The van der Waals surface area contributed by atoms with Gasteiger partial charge in [-0.2, -0.15) is 0 Å². The van der Waals surface area contributed by atoms with Gasteiger partial charge in [0.1, 0.15) is 5.82 Å². The van der Waals surface area contributed by atoms with Gasteiger partial charge in [0.15, 0.2) is 0 Å². The second-order valence-corrected chi connectivity index (χ2v) is 8.71. The monoisotopic (exact) mass is 380 g/mol. The first-order valence-electron chi connectivity index (χ1n) is 8.94. The van der Waals surface area contributed by atoms with E-state index in [-0.39, 0.29) is 4.90 Å². The summed E-state index contributed by atoms with van der Waals surface area (Å²) in [5.74, 6) is 0.801. The van der Waals surface area contributed by atoms with E-state index in [1.165, 1.54) is 5.56 Å². The standard InChI is InChI=1S/C22H24N2O2S/c1-15(2)18-8-10-19(11-9-18)21-13-12-20(14-16(21)3)27(25,26)24-22-7-5-6-17(4)23-22/h5-15H,1-4H3,(H,23,24). The van der Waals surface area contributed by atoms with E-state index in [0.717, 1.165) is 22.4 Å². The van der Waals surface area contributed by atoms with E-state index in [0.29, 0.717) is 11.7 Å². The molecule has 0 aliphatic carbocycles. The van der Waals surface area contributed by atoms with Crippen molar-refractivity contribution in [2.75, 3.05) is 4.72 Å². The first kappa shape index (κ1) is 19.1. The molecule has 1 N–H and O–H groups in total. The van der Waals surface area contributed by atoms with Gasteiger partial charge in [-0.1, -0.05) is 50.2 Å². The molecule has 0 aliphatic heterocycles. The van der Waals surface area contributed by atoms with Crippen LogP contribution in [0.4, 0.5) is 5.82 Å². The molecular formula is C22H24N2O2S. The highest BCUT2D eigenvalue weighted by Gasteiger charge is 2.16. The van der Waals surface area contributed by atoms with Crippen LogP contribution in [-0.2, 0) is 10.0 Å². The summed E-state index contributed by atoms with van der Waals surface area (Å²) in [6.45, 7) is 8.07. The fourth-order valence-electron chi connectivity index (χ4n) is 2.97. The van der Waals surface area contributed by atoms with Crippen molar-refractivity contribution in [3.05, 3.63) is 77.5 Å². The summed E-state index contributed by atoms with van der Waals surface area (Å²) in [4.78, 5) is 4.43. The first-order chi connectivity index (χ1) is 12.8. The van der Waals surface area contributed by atoms with Crippen LogP contribution < -0.4 is 4.72 Å². The largest absolute Gasteiger partial charge is 0.263 e. The summed E-state index contributed by atoms with van der Waals surface area (Å²) in [6.07, 6.45) is 0. The lowest BCUT2D eigenvalue weighted by Gasteiger charge is -2.12. The molecule has 0 fully saturated rings. The number of aromatic nitrogens is 1. The fourth-order valence-corrected chi connectivity index (χ4v) is 4.06. The molecule has 0 bridgehead atoms. The Bertz CT molecular complexity index is 1060. The van der Waals surface area contributed by atoms with Gasteiger partial charge in [0.2, 0.25) is 0 Å². The maximum atomic E-state index is 12.7. The van der Waals surface area contributed by atoms with Crippen LogP contribution in [0.3, 0.4) is 0 Å². The van der Waals surface area contributed by atoms with Gasteiger partial charge in [-0.25, -0.2) is 13.4 Å². The Morgan fingerprint density at radius 1 is 0.926 bits per heavy atom. The lowest BCUT2D eigenvalue weighted by Crippen LogP contribution is -2.14. The Kier molecular flexibility index (Phi) is 5.33. The number of hydrogen-bond acceptors (Lipinski definition) is 3. The quantitative estimate of drug-likeness (QED) is 0.654. The molecule has 4 nitrogen and oxygen atoms in total. The fraction of sp³-hybridized carbons (Fsp3) is 0.227. The van der Waals surface area contributed by atoms with Gasteiger partial charge in [-0.05, 0) is 66.3 Å². The van der Waals surface area contributed by atoms with E-state index in [2.05, 4.69) is 47.8 Å². The smallest absolute Gasteiger partial charge is 0.263 e. The Morgan fingerprint density at radius 3 is 2.22 bits per heavy atom. The molecule has 0 radical (unpaired) electrons. The van der Waals surface area contributed by atoms with E-state index in [9.17, 15) is 8.42 Å². The summed E-state index contributed by atoms with van der Waals surface area (Å²) in [5, 5.41) is 0. The molecule has 0 unspecified atom stereocenters. The molecule has 2 aromatic carbocycles. The van der Waals surface area contributed by atoms with E-state index in [4.69, 9.17) is 0 Å². The Hall–Kier alpha value is -2.66. The molecule has 0 aliphatic rings. The molecule has 5 heteroatoms. The van der Waals surface area contributed by atoms with E-state index < -0.39 is 10.0 Å². The maximum absolute atomic E-state index is 12.7. The van der Waals surface area contributed by atoms with Crippen LogP contribution in [0.15, 0.2) is 65.6 Å². The van der Waals surface area contributed by atoms with Crippen LogP contribution >= 0.6 is 0 Å². The number of rotatable bonds is 5. The number of nitrogens with one attached hydrogen (secondary N) is 1. The second-order valence-electron chi connectivity index (χ2n) is 7.02. The molecule has 0 saturated heterocycles. The third-order valence-electron chi connectivity index (χ3n) is 4.52. The maximum Gasteiger partial charge on any atom is 0.263 e. The van der Waals surface area contributed by atoms with Gasteiger partial charge in [-0.3, -0.25) is 4.72 Å². The Morgan fingerprint density at radius 2 is 1.63 bits per heavy atom. The highest BCUT2D eigenvalue weighted by molar-refractivity contribution is 7.92. The molecule has 0 atom stereocenters. The Balaban J connectivity index is 1.89. The van der Waals surface area contributed by atoms with Crippen LogP contribution in [0.2, 0.25) is 0 Å². The van der Waals surface area contributed by atoms with Crippen molar-refractivity contribution in [2.45, 2.75) is 38.5 Å². The molecule has 0 amide bonds. The summed E-state index contributed by atoms with van der Waals surface area (Å²) in [6, 6.07) is 18.8. The van der Waals surface area contributed by atoms with E-state index >= 15 is 0 Å². The highest BCUT2D eigenvalue weighted by Crippen LogP contribution is 2.28. The van der Waals surface area contributed by atoms with Gasteiger partial charge >= 0.3 is 0 Å². The normalized spacial score (nSPS) is 11.6. The third-order valence-corrected chi connectivity index (χ3v) is 5.88. The van der Waals surface area contributed by atoms with Crippen molar-refractivity contribution in [3.63, 3.8) is 0 Å².